The quantitative estimate of drug-likeness (QED) is 0.867. The number of nitrogens with one attached hydrogen (secondary N) is 1. The molecule has 0 unspecified atom stereocenters. The Kier molecular flexibility index (Phi) is 5.02. The van der Waals surface area contributed by atoms with Gasteiger partial charge in [-0.15, -0.1) is 0 Å². The highest BCUT2D eigenvalue weighted by molar-refractivity contribution is 7.92. The normalized spacial score (nSPS) is 13.4. The number of fused-ring (bicyclic) bond motifs is 1. The van der Waals surface area contributed by atoms with E-state index in [9.17, 15) is 18.0 Å². The van der Waals surface area contributed by atoms with Crippen LogP contribution in [0, 0.1) is 0 Å². The first-order valence-electron chi connectivity index (χ1n) is 7.95. The van der Waals surface area contributed by atoms with E-state index in [1.807, 2.05) is 0 Å². The molecule has 1 aliphatic rings. The van der Waals surface area contributed by atoms with Crippen molar-refractivity contribution in [1.82, 2.24) is 0 Å². The summed E-state index contributed by atoms with van der Waals surface area (Å²) < 4.78 is 24.6. The molecule has 0 bridgehead atoms. The smallest absolute Gasteiger partial charge is 0.239 e. The van der Waals surface area contributed by atoms with Crippen molar-refractivity contribution < 1.29 is 18.0 Å². The van der Waals surface area contributed by atoms with Gasteiger partial charge in [0.15, 0.2) is 9.84 Å². The van der Waals surface area contributed by atoms with Gasteiger partial charge in [0.2, 0.25) is 11.8 Å². The van der Waals surface area contributed by atoms with Crippen molar-refractivity contribution in [2.75, 3.05) is 22.5 Å². The highest BCUT2D eigenvalue weighted by atomic mass is 35.5. The van der Waals surface area contributed by atoms with Gasteiger partial charge < -0.3 is 10.2 Å². The van der Waals surface area contributed by atoms with Gasteiger partial charge in [-0.1, -0.05) is 11.6 Å². The van der Waals surface area contributed by atoms with Gasteiger partial charge in [0.05, 0.1) is 4.90 Å². The molecule has 0 aromatic heterocycles. The molecule has 0 aliphatic carbocycles. The van der Waals surface area contributed by atoms with Crippen molar-refractivity contribution in [2.24, 2.45) is 0 Å². The summed E-state index contributed by atoms with van der Waals surface area (Å²) >= 11 is 5.75. The number of hydrogen-bond acceptors (Lipinski definition) is 4. The minimum Gasteiger partial charge on any atom is -0.325 e. The lowest BCUT2D eigenvalue weighted by atomic mass is 10.1. The number of sulfone groups is 1. The third kappa shape index (κ3) is 3.89. The average Bonchev–Trinajstić information content (AvgIpc) is 2.98. The number of carbonyl (C=O) groups is 2. The average molecular weight is 393 g/mol. The number of hydrogen-bond donors (Lipinski definition) is 1. The zero-order valence-electron chi connectivity index (χ0n) is 14.0. The van der Waals surface area contributed by atoms with Gasteiger partial charge in [-0.2, -0.15) is 0 Å². The van der Waals surface area contributed by atoms with E-state index in [2.05, 4.69) is 5.32 Å². The summed E-state index contributed by atoms with van der Waals surface area (Å²) in [5, 5.41) is 3.03. The lowest BCUT2D eigenvalue weighted by Crippen LogP contribution is -2.25. The Morgan fingerprint density at radius 3 is 2.50 bits per heavy atom. The molecular weight excluding hydrogens is 376 g/mol. The fraction of sp³-hybridized carbons (Fsp3) is 0.222. The summed E-state index contributed by atoms with van der Waals surface area (Å²) in [6, 6.07) is 10.9. The summed E-state index contributed by atoms with van der Waals surface area (Å²) in [6.07, 6.45) is 0.696. The molecule has 0 saturated heterocycles. The van der Waals surface area contributed by atoms with Crippen LogP contribution in [0.1, 0.15) is 12.5 Å². The van der Waals surface area contributed by atoms with E-state index in [-0.39, 0.29) is 10.8 Å². The van der Waals surface area contributed by atoms with Crippen LogP contribution in [-0.2, 0) is 25.8 Å². The SMILES string of the molecule is CC(=O)N1CCc2cc(NC(=O)CS(=O)(=O)c3ccc(Cl)cc3)ccc21. The van der Waals surface area contributed by atoms with Crippen LogP contribution in [0.15, 0.2) is 47.4 Å². The van der Waals surface area contributed by atoms with Crippen molar-refractivity contribution in [3.05, 3.63) is 53.1 Å². The number of nitrogens with zero attached hydrogens (tertiary/aromatic N) is 1. The summed E-state index contributed by atoms with van der Waals surface area (Å²) in [7, 11) is -3.75. The van der Waals surface area contributed by atoms with Crippen LogP contribution in [-0.4, -0.2) is 32.5 Å². The van der Waals surface area contributed by atoms with Gasteiger partial charge in [-0.3, -0.25) is 9.59 Å². The lowest BCUT2D eigenvalue weighted by Gasteiger charge is -2.15. The van der Waals surface area contributed by atoms with Crippen LogP contribution in [0.4, 0.5) is 11.4 Å². The molecule has 1 aliphatic heterocycles. The predicted octanol–water partition coefficient (Wildman–Crippen LogP) is 2.66. The molecule has 26 heavy (non-hydrogen) atoms. The van der Waals surface area contributed by atoms with E-state index in [1.54, 1.807) is 23.1 Å². The van der Waals surface area contributed by atoms with Crippen LogP contribution in [0.25, 0.3) is 0 Å². The zero-order valence-corrected chi connectivity index (χ0v) is 15.6. The molecule has 1 N–H and O–H groups in total. The fourth-order valence-corrected chi connectivity index (χ4v) is 4.16. The molecule has 0 spiro atoms. The first kappa shape index (κ1) is 18.4. The van der Waals surface area contributed by atoms with Crippen LogP contribution in [0.3, 0.4) is 0 Å². The van der Waals surface area contributed by atoms with E-state index in [4.69, 9.17) is 11.6 Å². The standard InChI is InChI=1S/C18H17ClN2O4S/c1-12(22)21-9-8-13-10-15(4-7-17(13)21)20-18(23)11-26(24,25)16-5-2-14(19)3-6-16/h2-7,10H,8-9,11H2,1H3,(H,20,23). The maximum absolute atomic E-state index is 12.3. The maximum atomic E-state index is 12.3. The van der Waals surface area contributed by atoms with Gasteiger partial charge >= 0.3 is 0 Å². The second-order valence-electron chi connectivity index (χ2n) is 6.03. The number of carbonyl (C=O) groups excluding carboxylic acids is 2. The van der Waals surface area contributed by atoms with Crippen molar-refractivity contribution in [3.8, 4) is 0 Å². The number of anilines is 2. The first-order valence-corrected chi connectivity index (χ1v) is 9.98. The lowest BCUT2D eigenvalue weighted by molar-refractivity contribution is -0.116. The van der Waals surface area contributed by atoms with Gasteiger partial charge in [0, 0.05) is 29.9 Å². The molecule has 2 amide bonds. The molecule has 0 radical (unpaired) electrons. The van der Waals surface area contributed by atoms with Crippen LogP contribution >= 0.6 is 11.6 Å². The predicted molar refractivity (Wildman–Crippen MR) is 100 cm³/mol. The summed E-state index contributed by atoms with van der Waals surface area (Å²) in [6.45, 7) is 2.11. The highest BCUT2D eigenvalue weighted by Crippen LogP contribution is 2.30. The van der Waals surface area contributed by atoms with E-state index in [0.717, 1.165) is 11.3 Å². The topological polar surface area (TPSA) is 83.6 Å². The second kappa shape index (κ2) is 7.09. The minimum absolute atomic E-state index is 0.0328. The van der Waals surface area contributed by atoms with Gasteiger partial charge in [0.1, 0.15) is 5.75 Å². The Morgan fingerprint density at radius 2 is 1.85 bits per heavy atom. The van der Waals surface area contributed by atoms with Crippen LogP contribution in [0.5, 0.6) is 0 Å². The van der Waals surface area contributed by atoms with E-state index in [1.165, 1.54) is 31.2 Å². The van der Waals surface area contributed by atoms with Gasteiger partial charge in [-0.25, -0.2) is 8.42 Å². The molecule has 2 aromatic carbocycles. The van der Waals surface area contributed by atoms with Crippen molar-refractivity contribution in [3.63, 3.8) is 0 Å². The number of amides is 2. The molecule has 0 saturated carbocycles. The number of benzene rings is 2. The third-order valence-electron chi connectivity index (χ3n) is 4.13. The Morgan fingerprint density at radius 1 is 1.15 bits per heavy atom. The first-order chi connectivity index (χ1) is 12.3. The molecule has 1 heterocycles. The second-order valence-corrected chi connectivity index (χ2v) is 8.45. The molecule has 0 fully saturated rings. The van der Waals surface area contributed by atoms with Crippen LogP contribution in [0.2, 0.25) is 5.02 Å². The zero-order chi connectivity index (χ0) is 18.9. The largest absolute Gasteiger partial charge is 0.325 e. The Hall–Kier alpha value is -2.38. The molecule has 8 heteroatoms. The summed E-state index contributed by atoms with van der Waals surface area (Å²) in [4.78, 5) is 25.4. The van der Waals surface area contributed by atoms with Crippen molar-refractivity contribution >= 4 is 44.6 Å². The van der Waals surface area contributed by atoms with Gasteiger partial charge in [0.25, 0.3) is 0 Å². The molecule has 3 rings (SSSR count). The maximum Gasteiger partial charge on any atom is 0.239 e. The number of rotatable bonds is 4. The Labute approximate surface area is 156 Å². The molecule has 2 aromatic rings. The van der Waals surface area contributed by atoms with E-state index >= 15 is 0 Å². The minimum atomic E-state index is -3.75. The Bertz CT molecular complexity index is 971. The van der Waals surface area contributed by atoms with E-state index < -0.39 is 21.5 Å². The molecular formula is C18H17ClN2O4S. The van der Waals surface area contributed by atoms with E-state index in [0.29, 0.717) is 23.7 Å². The fourth-order valence-electron chi connectivity index (χ4n) is 2.90. The van der Waals surface area contributed by atoms with Crippen molar-refractivity contribution in [2.45, 2.75) is 18.2 Å². The molecule has 6 nitrogen and oxygen atoms in total. The molecule has 0 atom stereocenters. The molecule has 136 valence electrons. The van der Waals surface area contributed by atoms with Crippen LogP contribution < -0.4 is 10.2 Å². The van der Waals surface area contributed by atoms with Crippen molar-refractivity contribution in [1.29, 1.82) is 0 Å². The summed E-state index contributed by atoms with van der Waals surface area (Å²) in [5.74, 6) is -1.32. The Balaban J connectivity index is 1.71. The monoisotopic (exact) mass is 392 g/mol. The highest BCUT2D eigenvalue weighted by Gasteiger charge is 2.23. The third-order valence-corrected chi connectivity index (χ3v) is 6.02. The summed E-state index contributed by atoms with van der Waals surface area (Å²) in [5.41, 5.74) is 2.27. The van der Waals surface area contributed by atoms with Gasteiger partial charge in [-0.05, 0) is 54.4 Å². The number of halogens is 1.